The van der Waals surface area contributed by atoms with E-state index >= 15 is 0 Å². The van der Waals surface area contributed by atoms with Crippen LogP contribution in [0.4, 0.5) is 0 Å². The number of hydrogen-bond acceptors (Lipinski definition) is 4. The van der Waals surface area contributed by atoms with E-state index in [0.29, 0.717) is 31.6 Å². The highest BCUT2D eigenvalue weighted by Gasteiger charge is 2.24. The lowest BCUT2D eigenvalue weighted by molar-refractivity contribution is 0.0724. The highest BCUT2D eigenvalue weighted by atomic mass is 79.9. The van der Waals surface area contributed by atoms with Crippen molar-refractivity contribution in [2.24, 2.45) is 0 Å². The van der Waals surface area contributed by atoms with Crippen molar-refractivity contribution < 1.29 is 19.1 Å². The van der Waals surface area contributed by atoms with E-state index in [-0.39, 0.29) is 5.41 Å². The van der Waals surface area contributed by atoms with Crippen LogP contribution in [0.3, 0.4) is 0 Å². The predicted molar refractivity (Wildman–Crippen MR) is 143 cm³/mol. The summed E-state index contributed by atoms with van der Waals surface area (Å²) < 4.78 is 12.4. The van der Waals surface area contributed by atoms with Crippen LogP contribution >= 0.6 is 31.9 Å². The first-order valence-corrected chi connectivity index (χ1v) is 12.5. The Hall–Kier alpha value is -3.22. The van der Waals surface area contributed by atoms with Crippen molar-refractivity contribution in [1.29, 1.82) is 0 Å². The molecule has 0 amide bonds. The Kier molecular flexibility index (Phi) is 7.53. The second kappa shape index (κ2) is 10.6. The van der Waals surface area contributed by atoms with Crippen LogP contribution in [0.25, 0.3) is 0 Å². The molecule has 0 unspecified atom stereocenters. The third kappa shape index (κ3) is 5.72. The smallest absolute Gasteiger partial charge is 0.344 e. The number of rotatable bonds is 6. The molecule has 0 fully saturated rings. The first-order chi connectivity index (χ1) is 16.8. The molecule has 0 N–H and O–H groups in total. The molecule has 0 bridgehead atoms. The second-order valence-corrected chi connectivity index (χ2v) is 10.1. The average molecular weight is 594 g/mol. The predicted octanol–water partition coefficient (Wildman–Crippen LogP) is 7.98. The highest BCUT2D eigenvalue weighted by molar-refractivity contribution is 9.10. The maximum absolute atomic E-state index is 12.5. The summed E-state index contributed by atoms with van der Waals surface area (Å²) in [5, 5.41) is 0. The lowest BCUT2D eigenvalue weighted by Crippen LogP contribution is -2.19. The molecule has 0 aliphatic heterocycles. The quantitative estimate of drug-likeness (QED) is 0.168. The minimum Gasteiger partial charge on any atom is -0.423 e. The molecule has 0 aliphatic carbocycles. The lowest BCUT2D eigenvalue weighted by Gasteiger charge is -2.26. The van der Waals surface area contributed by atoms with Crippen LogP contribution in [-0.4, -0.2) is 11.9 Å². The van der Waals surface area contributed by atoms with Gasteiger partial charge in [-0.1, -0.05) is 62.4 Å². The molecule has 35 heavy (non-hydrogen) atoms. The Morgan fingerprint density at radius 1 is 0.571 bits per heavy atom. The molecule has 4 aromatic carbocycles. The monoisotopic (exact) mass is 592 g/mol. The molecule has 4 nitrogen and oxygen atoms in total. The zero-order valence-corrected chi connectivity index (χ0v) is 22.3. The maximum atomic E-state index is 12.5. The van der Waals surface area contributed by atoms with E-state index in [9.17, 15) is 9.59 Å². The fraction of sp³-hybridized carbons (Fsp3) is 0.103. The Morgan fingerprint density at radius 2 is 0.914 bits per heavy atom. The first-order valence-electron chi connectivity index (χ1n) is 10.9. The molecular formula is C29H22Br2O4. The number of benzene rings is 4. The van der Waals surface area contributed by atoms with Crippen LogP contribution in [0.15, 0.2) is 106 Å². The molecule has 0 aliphatic rings. The van der Waals surface area contributed by atoms with Gasteiger partial charge in [-0.25, -0.2) is 9.59 Å². The van der Waals surface area contributed by atoms with Gasteiger partial charge >= 0.3 is 11.9 Å². The summed E-state index contributed by atoms with van der Waals surface area (Å²) in [6.45, 7) is 4.22. The molecule has 4 rings (SSSR count). The van der Waals surface area contributed by atoms with E-state index in [1.54, 1.807) is 60.7 Å². The molecule has 0 spiro atoms. The minimum absolute atomic E-state index is 0.323. The molecular weight excluding hydrogens is 572 g/mol. The third-order valence-electron chi connectivity index (χ3n) is 5.76. The van der Waals surface area contributed by atoms with E-state index in [2.05, 4.69) is 45.7 Å². The van der Waals surface area contributed by atoms with Gasteiger partial charge in [-0.05, 0) is 91.5 Å². The topological polar surface area (TPSA) is 52.6 Å². The summed E-state index contributed by atoms with van der Waals surface area (Å²) in [4.78, 5) is 24.9. The first kappa shape index (κ1) is 24.9. The van der Waals surface area contributed by atoms with Gasteiger partial charge in [-0.3, -0.25) is 0 Å². The van der Waals surface area contributed by atoms with Gasteiger partial charge in [-0.15, -0.1) is 0 Å². The van der Waals surface area contributed by atoms with Crippen molar-refractivity contribution in [3.8, 4) is 11.5 Å². The molecule has 176 valence electrons. The summed E-state index contributed by atoms with van der Waals surface area (Å²) in [5.41, 5.74) is 2.72. The normalized spacial score (nSPS) is 11.1. The van der Waals surface area contributed by atoms with Gasteiger partial charge in [0.15, 0.2) is 0 Å². The Bertz CT molecular complexity index is 1260. The van der Waals surface area contributed by atoms with Gasteiger partial charge in [-0.2, -0.15) is 0 Å². The van der Waals surface area contributed by atoms with E-state index in [4.69, 9.17) is 9.47 Å². The largest absolute Gasteiger partial charge is 0.423 e. The number of esters is 2. The second-order valence-electron chi connectivity index (χ2n) is 8.41. The van der Waals surface area contributed by atoms with Gasteiger partial charge in [0, 0.05) is 14.4 Å². The maximum Gasteiger partial charge on any atom is 0.344 e. The van der Waals surface area contributed by atoms with Gasteiger partial charge in [0.1, 0.15) is 11.5 Å². The van der Waals surface area contributed by atoms with Crippen molar-refractivity contribution in [2.75, 3.05) is 0 Å². The van der Waals surface area contributed by atoms with E-state index in [1.807, 2.05) is 36.4 Å². The fourth-order valence-electron chi connectivity index (χ4n) is 3.62. The average Bonchev–Trinajstić information content (AvgIpc) is 2.85. The molecule has 0 aromatic heterocycles. The molecule has 0 saturated carbocycles. The molecule has 0 atom stereocenters. The number of hydrogen-bond donors (Lipinski definition) is 0. The zero-order chi connectivity index (χ0) is 25.0. The minimum atomic E-state index is -0.419. The van der Waals surface area contributed by atoms with Crippen LogP contribution in [0.5, 0.6) is 11.5 Å². The Balaban J connectivity index is 1.45. The lowest BCUT2D eigenvalue weighted by atomic mass is 9.78. The summed E-state index contributed by atoms with van der Waals surface area (Å²) in [7, 11) is 0. The third-order valence-corrected chi connectivity index (χ3v) is 7.14. The molecule has 0 saturated heterocycles. The summed E-state index contributed by atoms with van der Waals surface area (Å²) >= 11 is 6.75. The highest BCUT2D eigenvalue weighted by Crippen LogP contribution is 2.34. The molecule has 0 radical (unpaired) electrons. The SMILES string of the molecule is CC(C)(c1ccc(OC(=O)c2ccccc2Br)cc1)c1ccc(OC(=O)c2ccccc2Br)cc1. The zero-order valence-electron chi connectivity index (χ0n) is 19.1. The van der Waals surface area contributed by atoms with Crippen LogP contribution in [0, 0.1) is 0 Å². The van der Waals surface area contributed by atoms with E-state index < -0.39 is 11.9 Å². The molecule has 6 heteroatoms. The Labute approximate surface area is 221 Å². The standard InChI is InChI=1S/C29H22Br2O4/c1-29(2,19-11-15-21(16-12-19)34-27(32)23-7-3-5-9-25(23)30)20-13-17-22(18-14-20)35-28(33)24-8-4-6-10-26(24)31/h3-18H,1-2H3. The van der Waals surface area contributed by atoms with Crippen molar-refractivity contribution >= 4 is 43.8 Å². The Morgan fingerprint density at radius 3 is 1.26 bits per heavy atom. The summed E-state index contributed by atoms with van der Waals surface area (Å²) in [6, 6.07) is 29.3. The number of carbonyl (C=O) groups excluding carboxylic acids is 2. The van der Waals surface area contributed by atoms with Gasteiger partial charge in [0.25, 0.3) is 0 Å². The van der Waals surface area contributed by atoms with Crippen LogP contribution in [0.1, 0.15) is 45.7 Å². The summed E-state index contributed by atoms with van der Waals surface area (Å²) in [6.07, 6.45) is 0. The van der Waals surface area contributed by atoms with Crippen molar-refractivity contribution in [1.82, 2.24) is 0 Å². The number of carbonyl (C=O) groups is 2. The van der Waals surface area contributed by atoms with Crippen LogP contribution < -0.4 is 9.47 Å². The molecule has 4 aromatic rings. The van der Waals surface area contributed by atoms with Crippen molar-refractivity contribution in [3.05, 3.63) is 128 Å². The van der Waals surface area contributed by atoms with Crippen molar-refractivity contribution in [2.45, 2.75) is 19.3 Å². The van der Waals surface area contributed by atoms with Crippen LogP contribution in [0.2, 0.25) is 0 Å². The summed E-state index contributed by atoms with van der Waals surface area (Å²) in [5.74, 6) is 0.105. The van der Waals surface area contributed by atoms with Gasteiger partial charge < -0.3 is 9.47 Å². The van der Waals surface area contributed by atoms with Gasteiger partial charge in [0.05, 0.1) is 11.1 Å². The fourth-order valence-corrected chi connectivity index (χ4v) is 4.52. The van der Waals surface area contributed by atoms with Crippen molar-refractivity contribution in [3.63, 3.8) is 0 Å². The van der Waals surface area contributed by atoms with E-state index in [1.165, 1.54) is 0 Å². The number of halogens is 2. The van der Waals surface area contributed by atoms with Gasteiger partial charge in [0.2, 0.25) is 0 Å². The van der Waals surface area contributed by atoms with Crippen LogP contribution in [-0.2, 0) is 5.41 Å². The van der Waals surface area contributed by atoms with E-state index in [0.717, 1.165) is 11.1 Å². The molecule has 0 heterocycles. The number of ether oxygens (including phenoxy) is 2.